The van der Waals surface area contributed by atoms with Gasteiger partial charge in [-0.05, 0) is 31.5 Å². The van der Waals surface area contributed by atoms with E-state index in [2.05, 4.69) is 0 Å². The average molecular weight is 251 g/mol. The summed E-state index contributed by atoms with van der Waals surface area (Å²) in [5, 5.41) is 0. The number of carbonyl (C=O) groups excluding carboxylic acids is 1. The van der Waals surface area contributed by atoms with Crippen molar-refractivity contribution in [3.8, 4) is 5.75 Å². The Kier molecular flexibility index (Phi) is 4.73. The van der Waals surface area contributed by atoms with Crippen molar-refractivity contribution >= 4 is 5.97 Å². The smallest absolute Gasteiger partial charge is 0.306 e. The van der Waals surface area contributed by atoms with Crippen molar-refractivity contribution in [1.82, 2.24) is 0 Å². The molecule has 0 aliphatic rings. The SMILES string of the molecule is COC(=O)CC(c1ccc(OC)cc1)C(C)(C)N. The molecule has 4 heteroatoms. The summed E-state index contributed by atoms with van der Waals surface area (Å²) < 4.78 is 9.84. The fraction of sp³-hybridized carbons (Fsp3) is 0.500. The normalized spacial score (nSPS) is 12.9. The van der Waals surface area contributed by atoms with Gasteiger partial charge in [0.15, 0.2) is 0 Å². The Labute approximate surface area is 108 Å². The van der Waals surface area contributed by atoms with Gasteiger partial charge in [0.1, 0.15) is 5.75 Å². The summed E-state index contributed by atoms with van der Waals surface area (Å²) in [5.41, 5.74) is 6.66. The molecule has 0 heterocycles. The summed E-state index contributed by atoms with van der Waals surface area (Å²) >= 11 is 0. The van der Waals surface area contributed by atoms with Crippen molar-refractivity contribution < 1.29 is 14.3 Å². The molecule has 0 saturated carbocycles. The molecule has 18 heavy (non-hydrogen) atoms. The topological polar surface area (TPSA) is 61.5 Å². The van der Waals surface area contributed by atoms with Crippen molar-refractivity contribution in [2.24, 2.45) is 5.73 Å². The van der Waals surface area contributed by atoms with Crippen molar-refractivity contribution in [3.05, 3.63) is 29.8 Å². The van der Waals surface area contributed by atoms with E-state index in [-0.39, 0.29) is 18.3 Å². The monoisotopic (exact) mass is 251 g/mol. The summed E-state index contributed by atoms with van der Waals surface area (Å²) in [4.78, 5) is 11.5. The number of hydrogen-bond donors (Lipinski definition) is 1. The molecule has 0 aromatic heterocycles. The largest absolute Gasteiger partial charge is 0.497 e. The van der Waals surface area contributed by atoms with Crippen LogP contribution in [-0.2, 0) is 9.53 Å². The summed E-state index contributed by atoms with van der Waals surface area (Å²) in [6, 6.07) is 7.60. The van der Waals surface area contributed by atoms with Gasteiger partial charge in [0.25, 0.3) is 0 Å². The molecule has 0 aliphatic heterocycles. The molecule has 0 spiro atoms. The molecule has 100 valence electrons. The molecule has 0 saturated heterocycles. The molecule has 0 aliphatic carbocycles. The van der Waals surface area contributed by atoms with Crippen LogP contribution in [0.4, 0.5) is 0 Å². The first kappa shape index (κ1) is 14.5. The van der Waals surface area contributed by atoms with Crippen LogP contribution >= 0.6 is 0 Å². The van der Waals surface area contributed by atoms with Crippen LogP contribution in [-0.4, -0.2) is 25.7 Å². The fourth-order valence-electron chi connectivity index (χ4n) is 1.90. The maximum atomic E-state index is 11.5. The van der Waals surface area contributed by atoms with Crippen LogP contribution in [0.5, 0.6) is 5.75 Å². The molecule has 0 bridgehead atoms. The highest BCUT2D eigenvalue weighted by atomic mass is 16.5. The van der Waals surface area contributed by atoms with Crippen LogP contribution < -0.4 is 10.5 Å². The van der Waals surface area contributed by atoms with Crippen LogP contribution in [0.15, 0.2) is 24.3 Å². The number of ether oxygens (including phenoxy) is 2. The predicted molar refractivity (Wildman–Crippen MR) is 70.6 cm³/mol. The second-order valence-corrected chi connectivity index (χ2v) is 4.93. The highest BCUT2D eigenvalue weighted by Gasteiger charge is 2.29. The molecule has 4 nitrogen and oxygen atoms in total. The van der Waals surface area contributed by atoms with E-state index in [0.29, 0.717) is 0 Å². The molecule has 0 fully saturated rings. The fourth-order valence-corrected chi connectivity index (χ4v) is 1.90. The van der Waals surface area contributed by atoms with Gasteiger partial charge in [-0.1, -0.05) is 12.1 Å². The zero-order valence-electron chi connectivity index (χ0n) is 11.4. The molecule has 2 N–H and O–H groups in total. The highest BCUT2D eigenvalue weighted by Crippen LogP contribution is 2.31. The number of rotatable bonds is 5. The first-order chi connectivity index (χ1) is 8.38. The van der Waals surface area contributed by atoms with E-state index in [1.807, 2.05) is 38.1 Å². The quantitative estimate of drug-likeness (QED) is 0.814. The van der Waals surface area contributed by atoms with Crippen molar-refractivity contribution in [3.63, 3.8) is 0 Å². The van der Waals surface area contributed by atoms with Gasteiger partial charge in [0.2, 0.25) is 0 Å². The Hall–Kier alpha value is -1.55. The molecule has 1 aromatic carbocycles. The lowest BCUT2D eigenvalue weighted by molar-refractivity contribution is -0.141. The van der Waals surface area contributed by atoms with Crippen molar-refractivity contribution in [2.75, 3.05) is 14.2 Å². The van der Waals surface area contributed by atoms with Gasteiger partial charge in [-0.2, -0.15) is 0 Å². The van der Waals surface area contributed by atoms with Gasteiger partial charge < -0.3 is 15.2 Å². The first-order valence-corrected chi connectivity index (χ1v) is 5.88. The zero-order valence-corrected chi connectivity index (χ0v) is 11.4. The van der Waals surface area contributed by atoms with Gasteiger partial charge in [0.05, 0.1) is 20.6 Å². The number of nitrogens with two attached hydrogens (primary N) is 1. The zero-order chi connectivity index (χ0) is 13.8. The summed E-state index contributed by atoms with van der Waals surface area (Å²) in [6.07, 6.45) is 0.270. The molecule has 0 amide bonds. The Balaban J connectivity index is 2.98. The molecule has 1 aromatic rings. The highest BCUT2D eigenvalue weighted by molar-refractivity contribution is 5.70. The summed E-state index contributed by atoms with van der Waals surface area (Å²) in [7, 11) is 3.00. The van der Waals surface area contributed by atoms with E-state index in [9.17, 15) is 4.79 Å². The van der Waals surface area contributed by atoms with E-state index in [4.69, 9.17) is 15.2 Å². The molecule has 1 rings (SSSR count). The van der Waals surface area contributed by atoms with Gasteiger partial charge in [-0.25, -0.2) is 0 Å². The lowest BCUT2D eigenvalue weighted by Crippen LogP contribution is -2.40. The first-order valence-electron chi connectivity index (χ1n) is 5.88. The van der Waals surface area contributed by atoms with E-state index in [1.165, 1.54) is 7.11 Å². The standard InChI is InChI=1S/C14H21NO3/c1-14(2,15)12(9-13(16)18-4)10-5-7-11(17-3)8-6-10/h5-8,12H,9,15H2,1-4H3. The second-order valence-electron chi connectivity index (χ2n) is 4.93. The molecular formula is C14H21NO3. The van der Waals surface area contributed by atoms with Crippen LogP contribution in [0.1, 0.15) is 31.7 Å². The third-order valence-corrected chi connectivity index (χ3v) is 3.01. The van der Waals surface area contributed by atoms with E-state index >= 15 is 0 Å². The molecule has 1 unspecified atom stereocenters. The van der Waals surface area contributed by atoms with E-state index in [0.717, 1.165) is 11.3 Å². The minimum Gasteiger partial charge on any atom is -0.497 e. The molecular weight excluding hydrogens is 230 g/mol. The van der Waals surface area contributed by atoms with Crippen LogP contribution in [0.25, 0.3) is 0 Å². The number of methoxy groups -OCH3 is 2. The Morgan fingerprint density at radius 1 is 1.28 bits per heavy atom. The number of carbonyl (C=O) groups is 1. The molecule has 0 radical (unpaired) electrons. The number of hydrogen-bond acceptors (Lipinski definition) is 4. The lowest BCUT2D eigenvalue weighted by atomic mass is 9.80. The van der Waals surface area contributed by atoms with E-state index < -0.39 is 5.54 Å². The van der Waals surface area contributed by atoms with Crippen LogP contribution in [0, 0.1) is 0 Å². The van der Waals surface area contributed by atoms with Crippen LogP contribution in [0.3, 0.4) is 0 Å². The summed E-state index contributed by atoms with van der Waals surface area (Å²) in [5.74, 6) is 0.440. The number of esters is 1. The van der Waals surface area contributed by atoms with Gasteiger partial charge >= 0.3 is 5.97 Å². The summed E-state index contributed by atoms with van der Waals surface area (Å²) in [6.45, 7) is 3.82. The lowest BCUT2D eigenvalue weighted by Gasteiger charge is -2.30. The second kappa shape index (κ2) is 5.87. The minimum atomic E-state index is -0.497. The Morgan fingerprint density at radius 3 is 2.22 bits per heavy atom. The average Bonchev–Trinajstić information content (AvgIpc) is 2.34. The van der Waals surface area contributed by atoms with Crippen molar-refractivity contribution in [1.29, 1.82) is 0 Å². The Bertz CT molecular complexity index is 392. The third kappa shape index (κ3) is 3.74. The minimum absolute atomic E-state index is 0.0872. The van der Waals surface area contributed by atoms with Crippen molar-refractivity contribution in [2.45, 2.75) is 31.7 Å². The third-order valence-electron chi connectivity index (χ3n) is 3.01. The predicted octanol–water partition coefficient (Wildman–Crippen LogP) is 2.08. The van der Waals surface area contributed by atoms with E-state index in [1.54, 1.807) is 7.11 Å². The van der Waals surface area contributed by atoms with Gasteiger partial charge in [-0.3, -0.25) is 4.79 Å². The maximum absolute atomic E-state index is 11.5. The Morgan fingerprint density at radius 2 is 1.83 bits per heavy atom. The maximum Gasteiger partial charge on any atom is 0.306 e. The van der Waals surface area contributed by atoms with Gasteiger partial charge in [-0.15, -0.1) is 0 Å². The molecule has 1 atom stereocenters. The van der Waals surface area contributed by atoms with Crippen LogP contribution in [0.2, 0.25) is 0 Å². The number of benzene rings is 1. The van der Waals surface area contributed by atoms with Gasteiger partial charge in [0, 0.05) is 11.5 Å².